The van der Waals surface area contributed by atoms with Crippen molar-refractivity contribution in [2.45, 2.75) is 30.3 Å². The molecule has 0 saturated carbocycles. The summed E-state index contributed by atoms with van der Waals surface area (Å²) in [7, 11) is -3.89. The first-order valence-corrected chi connectivity index (χ1v) is 10.0. The summed E-state index contributed by atoms with van der Waals surface area (Å²) in [5.41, 5.74) is 2.00. The molecule has 0 fully saturated rings. The Morgan fingerprint density at radius 3 is 2.43 bits per heavy atom. The fraction of sp³-hybridized carbons (Fsp3) is 0.150. The minimum Gasteiger partial charge on any atom is -0.324 e. The smallest absolute Gasteiger partial charge is 0.267 e. The van der Waals surface area contributed by atoms with Crippen molar-refractivity contribution in [3.63, 3.8) is 0 Å². The zero-order valence-electron chi connectivity index (χ0n) is 15.4. The molecule has 1 amide bonds. The number of aromatic nitrogens is 2. The second-order valence-electron chi connectivity index (χ2n) is 6.35. The van der Waals surface area contributed by atoms with Crippen molar-refractivity contribution in [2.24, 2.45) is 0 Å². The van der Waals surface area contributed by atoms with Crippen LogP contribution in [0, 0.1) is 13.8 Å². The molecule has 0 unspecified atom stereocenters. The van der Waals surface area contributed by atoms with Crippen molar-refractivity contribution in [3.05, 3.63) is 82.1 Å². The lowest BCUT2D eigenvalue weighted by molar-refractivity contribution is -0.117. The molecule has 28 heavy (non-hydrogen) atoms. The number of nitrogens with zero attached hydrogens (tertiary/aromatic N) is 2. The third-order valence-corrected chi connectivity index (χ3v) is 5.78. The highest BCUT2D eigenvalue weighted by molar-refractivity contribution is 7.91. The maximum Gasteiger partial charge on any atom is 0.267 e. The van der Waals surface area contributed by atoms with Gasteiger partial charge in [-0.2, -0.15) is 5.10 Å². The van der Waals surface area contributed by atoms with Gasteiger partial charge in [0.05, 0.1) is 4.90 Å². The molecule has 0 bridgehead atoms. The van der Waals surface area contributed by atoms with Crippen LogP contribution in [0.25, 0.3) is 0 Å². The highest BCUT2D eigenvalue weighted by atomic mass is 32.2. The van der Waals surface area contributed by atoms with Gasteiger partial charge in [0.2, 0.25) is 15.7 Å². The highest BCUT2D eigenvalue weighted by Crippen LogP contribution is 2.18. The van der Waals surface area contributed by atoms with Crippen LogP contribution in [-0.2, 0) is 21.2 Å². The van der Waals surface area contributed by atoms with Gasteiger partial charge in [0.25, 0.3) is 5.56 Å². The summed E-state index contributed by atoms with van der Waals surface area (Å²) in [6, 6.07) is 15.6. The molecule has 144 valence electrons. The SMILES string of the molecule is Cc1ccc(NC(=O)Cn2nc(S(=O)(=O)c3ccccc3)ccc2=O)c(C)c1. The van der Waals surface area contributed by atoms with Crippen LogP contribution in [0.5, 0.6) is 0 Å². The van der Waals surface area contributed by atoms with Crippen LogP contribution in [0.15, 0.2) is 75.4 Å². The van der Waals surface area contributed by atoms with Crippen molar-refractivity contribution in [1.82, 2.24) is 9.78 Å². The van der Waals surface area contributed by atoms with Gasteiger partial charge < -0.3 is 5.32 Å². The maximum atomic E-state index is 12.7. The van der Waals surface area contributed by atoms with E-state index >= 15 is 0 Å². The van der Waals surface area contributed by atoms with E-state index in [0.717, 1.165) is 27.9 Å². The number of hydrogen-bond donors (Lipinski definition) is 1. The summed E-state index contributed by atoms with van der Waals surface area (Å²) in [5, 5.41) is 6.31. The molecule has 0 saturated heterocycles. The summed E-state index contributed by atoms with van der Waals surface area (Å²) in [6.45, 7) is 3.41. The van der Waals surface area contributed by atoms with E-state index in [-0.39, 0.29) is 9.92 Å². The first-order valence-electron chi connectivity index (χ1n) is 8.53. The molecular weight excluding hydrogens is 378 g/mol. The third-order valence-electron chi connectivity index (χ3n) is 4.12. The largest absolute Gasteiger partial charge is 0.324 e. The Labute approximate surface area is 162 Å². The van der Waals surface area contributed by atoms with E-state index in [1.165, 1.54) is 12.1 Å². The number of carbonyl (C=O) groups is 1. The summed E-state index contributed by atoms with van der Waals surface area (Å²) in [5.74, 6) is -0.476. The van der Waals surface area contributed by atoms with Crippen LogP contribution in [0.1, 0.15) is 11.1 Å². The Morgan fingerprint density at radius 1 is 1.04 bits per heavy atom. The topological polar surface area (TPSA) is 98.1 Å². The van der Waals surface area contributed by atoms with Crippen LogP contribution < -0.4 is 10.9 Å². The number of benzene rings is 2. The summed E-state index contributed by atoms with van der Waals surface area (Å²) in [4.78, 5) is 24.5. The number of amides is 1. The summed E-state index contributed by atoms with van der Waals surface area (Å²) < 4.78 is 26.2. The average molecular weight is 397 g/mol. The first-order chi connectivity index (χ1) is 13.3. The predicted molar refractivity (Wildman–Crippen MR) is 105 cm³/mol. The molecule has 0 aliphatic heterocycles. The van der Waals surface area contributed by atoms with Gasteiger partial charge in [0, 0.05) is 11.8 Å². The van der Waals surface area contributed by atoms with Gasteiger partial charge in [0.1, 0.15) is 6.54 Å². The van der Waals surface area contributed by atoms with Crippen LogP contribution in [0.3, 0.4) is 0 Å². The molecule has 8 heteroatoms. The number of carbonyl (C=O) groups excluding carboxylic acids is 1. The molecule has 0 aliphatic rings. The Bertz CT molecular complexity index is 1190. The van der Waals surface area contributed by atoms with E-state index in [0.29, 0.717) is 5.69 Å². The lowest BCUT2D eigenvalue weighted by Crippen LogP contribution is -2.30. The van der Waals surface area contributed by atoms with E-state index in [2.05, 4.69) is 10.4 Å². The minimum absolute atomic E-state index is 0.0624. The van der Waals surface area contributed by atoms with E-state index in [1.54, 1.807) is 24.3 Å². The summed E-state index contributed by atoms with van der Waals surface area (Å²) >= 11 is 0. The quantitative estimate of drug-likeness (QED) is 0.713. The second-order valence-corrected chi connectivity index (χ2v) is 8.25. The van der Waals surface area contributed by atoms with Crippen LogP contribution in [0.4, 0.5) is 5.69 Å². The van der Waals surface area contributed by atoms with Crippen molar-refractivity contribution >= 4 is 21.4 Å². The average Bonchev–Trinajstić information content (AvgIpc) is 2.66. The Balaban J connectivity index is 1.86. The number of aryl methyl sites for hydroxylation is 2. The van der Waals surface area contributed by atoms with Crippen molar-refractivity contribution in [2.75, 3.05) is 5.32 Å². The Morgan fingerprint density at radius 2 is 1.75 bits per heavy atom. The monoisotopic (exact) mass is 397 g/mol. The van der Waals surface area contributed by atoms with Gasteiger partial charge in [-0.3, -0.25) is 9.59 Å². The minimum atomic E-state index is -3.89. The maximum absolute atomic E-state index is 12.7. The highest BCUT2D eigenvalue weighted by Gasteiger charge is 2.20. The molecule has 0 aliphatic carbocycles. The lowest BCUT2D eigenvalue weighted by atomic mass is 10.1. The second kappa shape index (κ2) is 7.77. The molecule has 0 atom stereocenters. The third kappa shape index (κ3) is 4.17. The van der Waals surface area contributed by atoms with Gasteiger partial charge in [-0.05, 0) is 43.7 Å². The molecule has 7 nitrogen and oxygen atoms in total. The molecule has 0 radical (unpaired) electrons. The molecule has 1 heterocycles. The summed E-state index contributed by atoms with van der Waals surface area (Å²) in [6.07, 6.45) is 0. The van der Waals surface area contributed by atoms with Crippen LogP contribution in [0.2, 0.25) is 0 Å². The van der Waals surface area contributed by atoms with E-state index < -0.39 is 27.8 Å². The fourth-order valence-electron chi connectivity index (χ4n) is 2.69. The van der Waals surface area contributed by atoms with Crippen LogP contribution >= 0.6 is 0 Å². The normalized spacial score (nSPS) is 11.2. The number of nitrogens with one attached hydrogen (secondary N) is 1. The molecule has 1 N–H and O–H groups in total. The first kappa shape index (κ1) is 19.5. The van der Waals surface area contributed by atoms with E-state index in [4.69, 9.17) is 0 Å². The van der Waals surface area contributed by atoms with Crippen LogP contribution in [-0.4, -0.2) is 24.1 Å². The van der Waals surface area contributed by atoms with Crippen molar-refractivity contribution in [3.8, 4) is 0 Å². The van der Waals surface area contributed by atoms with Gasteiger partial charge in [0.15, 0.2) is 5.03 Å². The molecule has 0 spiro atoms. The Kier molecular flexibility index (Phi) is 5.41. The standard InChI is InChI=1S/C20H19N3O4S/c1-14-8-9-17(15(2)12-14)21-18(24)13-23-20(25)11-10-19(22-23)28(26,27)16-6-4-3-5-7-16/h3-12H,13H2,1-2H3,(H,21,24). The van der Waals surface area contributed by atoms with Gasteiger partial charge >= 0.3 is 0 Å². The zero-order chi connectivity index (χ0) is 20.3. The number of rotatable bonds is 5. The fourth-order valence-corrected chi connectivity index (χ4v) is 3.90. The van der Waals surface area contributed by atoms with Gasteiger partial charge in [-0.25, -0.2) is 13.1 Å². The van der Waals surface area contributed by atoms with E-state index in [9.17, 15) is 18.0 Å². The predicted octanol–water partition coefficient (Wildman–Crippen LogP) is 2.33. The van der Waals surface area contributed by atoms with Crippen molar-refractivity contribution < 1.29 is 13.2 Å². The van der Waals surface area contributed by atoms with Gasteiger partial charge in [-0.1, -0.05) is 35.9 Å². The Hall–Kier alpha value is -3.26. The lowest BCUT2D eigenvalue weighted by Gasteiger charge is -2.11. The molecule has 3 rings (SSSR count). The van der Waals surface area contributed by atoms with E-state index in [1.807, 2.05) is 26.0 Å². The van der Waals surface area contributed by atoms with Gasteiger partial charge in [-0.15, -0.1) is 0 Å². The van der Waals surface area contributed by atoms with Crippen molar-refractivity contribution in [1.29, 1.82) is 0 Å². The number of sulfone groups is 1. The molecule has 1 aromatic heterocycles. The number of anilines is 1. The molecule has 3 aromatic rings. The number of hydrogen-bond acceptors (Lipinski definition) is 5. The molecule has 2 aromatic carbocycles. The molecular formula is C20H19N3O4S. The zero-order valence-corrected chi connectivity index (χ0v) is 16.2.